The molecule has 26 heavy (non-hydrogen) atoms. The van der Waals surface area contributed by atoms with Crippen LogP contribution < -0.4 is 14.8 Å². The molecular formula is C20H21ClN2O2S. The number of likely N-dealkylation sites (tertiary alicyclic amines) is 1. The quantitative estimate of drug-likeness (QED) is 0.729. The zero-order chi connectivity index (χ0) is 17.9. The SMILES string of the molecule is S=C(Nc1ccc(Cl)cc1)N1CCC[C@@H]1c1ccc2c(c1)OCCCO2. The molecule has 1 atom stereocenters. The Kier molecular flexibility index (Phi) is 5.18. The fourth-order valence-corrected chi connectivity index (χ4v) is 3.93. The van der Waals surface area contributed by atoms with Gasteiger partial charge in [0.15, 0.2) is 16.6 Å². The minimum atomic E-state index is 0.249. The Bertz CT molecular complexity index is 797. The average Bonchev–Trinajstić information content (AvgIpc) is 3.02. The van der Waals surface area contributed by atoms with Crippen molar-refractivity contribution >= 4 is 34.6 Å². The van der Waals surface area contributed by atoms with Crippen molar-refractivity contribution in [2.75, 3.05) is 25.1 Å². The molecule has 1 fully saturated rings. The summed E-state index contributed by atoms with van der Waals surface area (Å²) in [5, 5.41) is 4.78. The van der Waals surface area contributed by atoms with E-state index in [9.17, 15) is 0 Å². The normalized spacial score (nSPS) is 19.1. The third-order valence-corrected chi connectivity index (χ3v) is 5.35. The first-order chi connectivity index (χ1) is 12.7. The average molecular weight is 389 g/mol. The van der Waals surface area contributed by atoms with Crippen molar-refractivity contribution in [3.05, 3.63) is 53.1 Å². The number of hydrogen-bond donors (Lipinski definition) is 1. The van der Waals surface area contributed by atoms with Crippen LogP contribution in [0.2, 0.25) is 5.02 Å². The Labute approximate surface area is 164 Å². The molecular weight excluding hydrogens is 368 g/mol. The summed E-state index contributed by atoms with van der Waals surface area (Å²) < 4.78 is 11.6. The highest BCUT2D eigenvalue weighted by atomic mass is 35.5. The minimum Gasteiger partial charge on any atom is -0.490 e. The van der Waals surface area contributed by atoms with Crippen LogP contribution >= 0.6 is 23.8 Å². The minimum absolute atomic E-state index is 0.249. The van der Waals surface area contributed by atoms with Gasteiger partial charge in [-0.25, -0.2) is 0 Å². The van der Waals surface area contributed by atoms with Crippen molar-refractivity contribution < 1.29 is 9.47 Å². The molecule has 6 heteroatoms. The molecule has 2 aliphatic heterocycles. The second-order valence-corrected chi connectivity index (χ2v) is 7.37. The molecule has 2 aliphatic rings. The van der Waals surface area contributed by atoms with Crippen LogP contribution in [0.1, 0.15) is 30.9 Å². The van der Waals surface area contributed by atoms with Crippen molar-refractivity contribution in [3.63, 3.8) is 0 Å². The topological polar surface area (TPSA) is 33.7 Å². The molecule has 0 aromatic heterocycles. The standard InChI is InChI=1S/C20H21ClN2O2S/c21-15-5-7-16(8-6-15)22-20(26)23-10-1-3-17(23)14-4-9-18-19(13-14)25-12-2-11-24-18/h4-9,13,17H,1-3,10-12H2,(H,22,26)/t17-/m1/s1. The Morgan fingerprint density at radius 2 is 1.81 bits per heavy atom. The number of nitrogens with zero attached hydrogens (tertiary/aromatic N) is 1. The summed E-state index contributed by atoms with van der Waals surface area (Å²) in [7, 11) is 0. The fourth-order valence-electron chi connectivity index (χ4n) is 3.47. The maximum atomic E-state index is 5.96. The number of anilines is 1. The molecule has 0 amide bonds. The molecule has 4 nitrogen and oxygen atoms in total. The third kappa shape index (κ3) is 3.74. The van der Waals surface area contributed by atoms with Gasteiger partial charge in [-0.15, -0.1) is 0 Å². The highest BCUT2D eigenvalue weighted by Crippen LogP contribution is 2.38. The summed E-state index contributed by atoms with van der Waals surface area (Å²) in [6.45, 7) is 2.34. The molecule has 1 saturated heterocycles. The van der Waals surface area contributed by atoms with E-state index in [1.807, 2.05) is 30.3 Å². The first kappa shape index (κ1) is 17.4. The Morgan fingerprint density at radius 3 is 2.62 bits per heavy atom. The van der Waals surface area contributed by atoms with Crippen molar-refractivity contribution in [1.29, 1.82) is 0 Å². The van der Waals surface area contributed by atoms with E-state index in [2.05, 4.69) is 22.3 Å². The predicted molar refractivity (Wildman–Crippen MR) is 108 cm³/mol. The van der Waals surface area contributed by atoms with Gasteiger partial charge >= 0.3 is 0 Å². The van der Waals surface area contributed by atoms with E-state index in [0.29, 0.717) is 18.2 Å². The lowest BCUT2D eigenvalue weighted by molar-refractivity contribution is 0.296. The smallest absolute Gasteiger partial charge is 0.173 e. The summed E-state index contributed by atoms with van der Waals surface area (Å²) in [6.07, 6.45) is 3.10. The molecule has 2 aromatic carbocycles. The number of thiocarbonyl (C=S) groups is 1. The van der Waals surface area contributed by atoms with E-state index >= 15 is 0 Å². The highest BCUT2D eigenvalue weighted by molar-refractivity contribution is 7.80. The number of halogens is 1. The van der Waals surface area contributed by atoms with Gasteiger partial charge in [0.25, 0.3) is 0 Å². The zero-order valence-electron chi connectivity index (χ0n) is 14.4. The van der Waals surface area contributed by atoms with E-state index in [4.69, 9.17) is 33.3 Å². The monoisotopic (exact) mass is 388 g/mol. The maximum Gasteiger partial charge on any atom is 0.173 e. The predicted octanol–water partition coefficient (Wildman–Crippen LogP) is 5.04. The maximum absolute atomic E-state index is 5.96. The van der Waals surface area contributed by atoms with E-state index in [-0.39, 0.29) is 6.04 Å². The van der Waals surface area contributed by atoms with Crippen molar-refractivity contribution in [3.8, 4) is 11.5 Å². The summed E-state index contributed by atoms with van der Waals surface area (Å²) in [5.74, 6) is 1.67. The van der Waals surface area contributed by atoms with Crippen molar-refractivity contribution in [2.24, 2.45) is 0 Å². The van der Waals surface area contributed by atoms with Gasteiger partial charge in [-0.3, -0.25) is 0 Å². The van der Waals surface area contributed by atoms with E-state index in [1.54, 1.807) is 0 Å². The van der Waals surface area contributed by atoms with Gasteiger partial charge in [0.1, 0.15) is 0 Å². The molecule has 2 aromatic rings. The second-order valence-electron chi connectivity index (χ2n) is 6.55. The van der Waals surface area contributed by atoms with Crippen molar-refractivity contribution in [1.82, 2.24) is 4.90 Å². The Balaban J connectivity index is 1.52. The van der Waals surface area contributed by atoms with E-state index in [0.717, 1.165) is 48.1 Å². The van der Waals surface area contributed by atoms with Gasteiger partial charge in [-0.05, 0) is 67.0 Å². The lowest BCUT2D eigenvalue weighted by atomic mass is 10.0. The first-order valence-electron chi connectivity index (χ1n) is 8.93. The highest BCUT2D eigenvalue weighted by Gasteiger charge is 2.29. The molecule has 0 radical (unpaired) electrons. The lowest BCUT2D eigenvalue weighted by Gasteiger charge is -2.28. The summed E-state index contributed by atoms with van der Waals surface area (Å²) in [4.78, 5) is 2.25. The zero-order valence-corrected chi connectivity index (χ0v) is 16.0. The molecule has 136 valence electrons. The van der Waals surface area contributed by atoms with Crippen molar-refractivity contribution in [2.45, 2.75) is 25.3 Å². The van der Waals surface area contributed by atoms with Gasteiger partial charge < -0.3 is 19.7 Å². The molecule has 0 unspecified atom stereocenters. The molecule has 0 bridgehead atoms. The first-order valence-corrected chi connectivity index (χ1v) is 9.72. The van der Waals surface area contributed by atoms with Crippen LogP contribution in [-0.2, 0) is 0 Å². The third-order valence-electron chi connectivity index (χ3n) is 4.77. The molecule has 2 heterocycles. The number of fused-ring (bicyclic) bond motifs is 1. The van der Waals surface area contributed by atoms with Crippen LogP contribution in [0.15, 0.2) is 42.5 Å². The van der Waals surface area contributed by atoms with E-state index < -0.39 is 0 Å². The largest absolute Gasteiger partial charge is 0.490 e. The van der Waals surface area contributed by atoms with Crippen LogP contribution in [0.3, 0.4) is 0 Å². The number of rotatable bonds is 2. The molecule has 0 saturated carbocycles. The number of nitrogens with one attached hydrogen (secondary N) is 1. The molecule has 4 rings (SSSR count). The van der Waals surface area contributed by atoms with Crippen LogP contribution in [0.4, 0.5) is 5.69 Å². The van der Waals surface area contributed by atoms with Crippen LogP contribution in [0.5, 0.6) is 11.5 Å². The van der Waals surface area contributed by atoms with E-state index in [1.165, 1.54) is 5.56 Å². The number of hydrogen-bond acceptors (Lipinski definition) is 3. The van der Waals surface area contributed by atoms with Crippen LogP contribution in [0, 0.1) is 0 Å². The molecule has 0 aliphatic carbocycles. The van der Waals surface area contributed by atoms with Gasteiger partial charge in [0.05, 0.1) is 19.3 Å². The summed E-state index contributed by atoms with van der Waals surface area (Å²) in [6, 6.07) is 14.1. The van der Waals surface area contributed by atoms with Crippen LogP contribution in [0.25, 0.3) is 0 Å². The number of ether oxygens (including phenoxy) is 2. The molecule has 1 N–H and O–H groups in total. The van der Waals surface area contributed by atoms with Crippen LogP contribution in [-0.4, -0.2) is 29.8 Å². The number of benzene rings is 2. The van der Waals surface area contributed by atoms with Gasteiger partial charge in [-0.1, -0.05) is 17.7 Å². The Hall–Kier alpha value is -1.98. The lowest BCUT2D eigenvalue weighted by Crippen LogP contribution is -2.34. The summed E-state index contributed by atoms with van der Waals surface area (Å²) in [5.41, 5.74) is 2.16. The van der Waals surface area contributed by atoms with Gasteiger partial charge in [0, 0.05) is 23.7 Å². The van der Waals surface area contributed by atoms with Gasteiger partial charge in [0.2, 0.25) is 0 Å². The fraction of sp³-hybridized carbons (Fsp3) is 0.350. The second kappa shape index (κ2) is 7.72. The molecule has 0 spiro atoms. The Morgan fingerprint density at radius 1 is 1.04 bits per heavy atom. The van der Waals surface area contributed by atoms with Gasteiger partial charge in [-0.2, -0.15) is 0 Å². The summed E-state index contributed by atoms with van der Waals surface area (Å²) >= 11 is 11.6.